The number of fused-ring (bicyclic) bond motifs is 1. The average Bonchev–Trinajstić information content (AvgIpc) is 3.19. The van der Waals surface area contributed by atoms with Crippen molar-refractivity contribution >= 4 is 34.2 Å². The number of likely N-dealkylation sites (tertiary alicyclic amines) is 1. The number of hydrogen-bond donors (Lipinski definition) is 1. The second-order valence-electron chi connectivity index (χ2n) is 8.77. The van der Waals surface area contributed by atoms with E-state index in [0.29, 0.717) is 24.7 Å². The molecule has 2 heterocycles. The first kappa shape index (κ1) is 22.6. The summed E-state index contributed by atoms with van der Waals surface area (Å²) in [5.74, 6) is 0.220. The molecule has 34 heavy (non-hydrogen) atoms. The minimum atomic E-state index is -0.417. The molecule has 1 atom stereocenters. The fraction of sp³-hybridized carbons (Fsp3) is 0.259. The van der Waals surface area contributed by atoms with Crippen molar-refractivity contribution in [2.24, 2.45) is 5.92 Å². The van der Waals surface area contributed by atoms with Gasteiger partial charge in [-0.1, -0.05) is 48.0 Å². The van der Waals surface area contributed by atoms with Crippen molar-refractivity contribution in [3.05, 3.63) is 95.0 Å². The fourth-order valence-corrected chi connectivity index (χ4v) is 4.73. The van der Waals surface area contributed by atoms with Gasteiger partial charge in [0.2, 0.25) is 5.91 Å². The monoisotopic (exact) mass is 476 g/mol. The van der Waals surface area contributed by atoms with Gasteiger partial charge in [-0.15, -0.1) is 0 Å². The van der Waals surface area contributed by atoms with Crippen LogP contribution in [0.3, 0.4) is 0 Å². The number of para-hydroxylation sites is 3. The highest BCUT2D eigenvalue weighted by Gasteiger charge is 2.27. The Morgan fingerprint density at radius 2 is 1.79 bits per heavy atom. The smallest absolute Gasteiger partial charge is 0.228 e. The van der Waals surface area contributed by atoms with Gasteiger partial charge in [-0.25, -0.2) is 9.37 Å². The van der Waals surface area contributed by atoms with E-state index in [1.807, 2.05) is 42.5 Å². The third-order valence-electron chi connectivity index (χ3n) is 6.36. The van der Waals surface area contributed by atoms with Gasteiger partial charge in [0.1, 0.15) is 11.6 Å². The summed E-state index contributed by atoms with van der Waals surface area (Å²) in [6, 6.07) is 22.3. The van der Waals surface area contributed by atoms with Crippen LogP contribution in [0.4, 0.5) is 10.1 Å². The normalized spacial score (nSPS) is 16.6. The number of nitrogens with zero attached hydrogens (tertiary/aromatic N) is 3. The maximum absolute atomic E-state index is 14.0. The van der Waals surface area contributed by atoms with Crippen LogP contribution < -0.4 is 5.32 Å². The van der Waals surface area contributed by atoms with Crippen LogP contribution in [0.15, 0.2) is 72.8 Å². The summed E-state index contributed by atoms with van der Waals surface area (Å²) in [6.07, 6.45) is 1.70. The van der Waals surface area contributed by atoms with E-state index in [-0.39, 0.29) is 17.5 Å². The molecular weight excluding hydrogens is 451 g/mol. The first-order chi connectivity index (χ1) is 16.6. The van der Waals surface area contributed by atoms with E-state index in [1.54, 1.807) is 18.2 Å². The summed E-state index contributed by atoms with van der Waals surface area (Å²) in [5, 5.41) is 3.48. The Hall–Kier alpha value is -3.22. The van der Waals surface area contributed by atoms with Crippen LogP contribution >= 0.6 is 11.6 Å². The van der Waals surface area contributed by atoms with Gasteiger partial charge in [0.25, 0.3) is 0 Å². The zero-order valence-electron chi connectivity index (χ0n) is 18.8. The Morgan fingerprint density at radius 1 is 1.03 bits per heavy atom. The first-order valence-corrected chi connectivity index (χ1v) is 11.9. The van der Waals surface area contributed by atoms with E-state index in [1.165, 1.54) is 6.07 Å². The molecule has 0 spiro atoms. The van der Waals surface area contributed by atoms with Crippen molar-refractivity contribution < 1.29 is 9.18 Å². The van der Waals surface area contributed by atoms with Crippen molar-refractivity contribution in [1.82, 2.24) is 14.5 Å². The van der Waals surface area contributed by atoms with Crippen molar-refractivity contribution in [2.75, 3.05) is 18.4 Å². The van der Waals surface area contributed by atoms with Crippen LogP contribution in [0.25, 0.3) is 11.0 Å². The number of halogens is 2. The maximum atomic E-state index is 14.0. The highest BCUT2D eigenvalue weighted by molar-refractivity contribution is 6.30. The first-order valence-electron chi connectivity index (χ1n) is 11.5. The summed E-state index contributed by atoms with van der Waals surface area (Å²) < 4.78 is 16.2. The standard InChI is InChI=1S/C27H26ClFN4O/c28-21-13-11-19(12-14-21)16-33-25-10-4-3-9-24(25)30-26(33)18-32-15-5-6-20(17-32)27(34)31-23-8-2-1-7-22(23)29/h1-4,7-14,20H,5-6,15-18H2,(H,31,34)/t20-/m0/s1. The summed E-state index contributed by atoms with van der Waals surface area (Å²) >= 11 is 6.07. The van der Waals surface area contributed by atoms with Gasteiger partial charge in [-0.2, -0.15) is 0 Å². The predicted molar refractivity (Wildman–Crippen MR) is 133 cm³/mol. The predicted octanol–water partition coefficient (Wildman–Crippen LogP) is 5.73. The van der Waals surface area contributed by atoms with Crippen molar-refractivity contribution in [3.8, 4) is 0 Å². The molecule has 7 heteroatoms. The van der Waals surface area contributed by atoms with Gasteiger partial charge in [0.15, 0.2) is 0 Å². The lowest BCUT2D eigenvalue weighted by Crippen LogP contribution is -2.40. The molecule has 1 saturated heterocycles. The van der Waals surface area contributed by atoms with E-state index < -0.39 is 5.82 Å². The lowest BCUT2D eigenvalue weighted by molar-refractivity contribution is -0.121. The quantitative estimate of drug-likeness (QED) is 0.386. The lowest BCUT2D eigenvalue weighted by atomic mass is 9.97. The molecule has 1 amide bonds. The van der Waals surface area contributed by atoms with Crippen LogP contribution in [0.1, 0.15) is 24.2 Å². The Morgan fingerprint density at radius 3 is 2.62 bits per heavy atom. The van der Waals surface area contributed by atoms with Crippen molar-refractivity contribution in [3.63, 3.8) is 0 Å². The molecule has 1 fully saturated rings. The number of piperidine rings is 1. The summed E-state index contributed by atoms with van der Waals surface area (Å²) in [5.41, 5.74) is 3.42. The minimum absolute atomic E-state index is 0.135. The molecule has 0 unspecified atom stereocenters. The van der Waals surface area contributed by atoms with Gasteiger partial charge >= 0.3 is 0 Å². The number of anilines is 1. The average molecular weight is 477 g/mol. The molecule has 1 aliphatic rings. The third-order valence-corrected chi connectivity index (χ3v) is 6.61. The SMILES string of the molecule is O=C(Nc1ccccc1F)[C@H]1CCCN(Cc2nc3ccccc3n2Cc2ccc(Cl)cc2)C1. The van der Waals surface area contributed by atoms with Gasteiger partial charge in [0.05, 0.1) is 29.2 Å². The van der Waals surface area contributed by atoms with E-state index in [9.17, 15) is 9.18 Å². The molecular formula is C27H26ClFN4O. The molecule has 174 valence electrons. The van der Waals surface area contributed by atoms with E-state index in [0.717, 1.165) is 41.8 Å². The Balaban J connectivity index is 1.34. The largest absolute Gasteiger partial charge is 0.323 e. The number of carbonyl (C=O) groups excluding carboxylic acids is 1. The number of rotatable bonds is 6. The third kappa shape index (κ3) is 4.98. The zero-order valence-corrected chi connectivity index (χ0v) is 19.5. The molecule has 4 aromatic rings. The molecule has 3 aromatic carbocycles. The van der Waals surface area contributed by atoms with Crippen molar-refractivity contribution in [1.29, 1.82) is 0 Å². The molecule has 1 aliphatic heterocycles. The number of nitrogens with one attached hydrogen (secondary N) is 1. The van der Waals surface area contributed by atoms with Crippen molar-refractivity contribution in [2.45, 2.75) is 25.9 Å². The van der Waals surface area contributed by atoms with Crippen LogP contribution in [0.2, 0.25) is 5.02 Å². The number of amides is 1. The number of carbonyl (C=O) groups is 1. The summed E-state index contributed by atoms with van der Waals surface area (Å²) in [7, 11) is 0. The van der Waals surface area contributed by atoms with Crippen LogP contribution in [-0.2, 0) is 17.9 Å². The van der Waals surface area contributed by atoms with Gasteiger partial charge in [-0.3, -0.25) is 9.69 Å². The fourth-order valence-electron chi connectivity index (χ4n) is 4.61. The second kappa shape index (κ2) is 9.95. The Labute approximate surface area is 203 Å². The zero-order chi connectivity index (χ0) is 23.5. The molecule has 1 N–H and O–H groups in total. The second-order valence-corrected chi connectivity index (χ2v) is 9.21. The molecule has 0 radical (unpaired) electrons. The maximum Gasteiger partial charge on any atom is 0.228 e. The summed E-state index contributed by atoms with van der Waals surface area (Å²) in [6.45, 7) is 2.85. The van der Waals surface area contributed by atoms with E-state index in [2.05, 4.69) is 20.9 Å². The number of aromatic nitrogens is 2. The number of imidazole rings is 1. The summed E-state index contributed by atoms with van der Waals surface area (Å²) in [4.78, 5) is 20.0. The van der Waals surface area contributed by atoms with Crippen LogP contribution in [0, 0.1) is 11.7 Å². The van der Waals surface area contributed by atoms with E-state index >= 15 is 0 Å². The number of hydrogen-bond acceptors (Lipinski definition) is 3. The highest BCUT2D eigenvalue weighted by Crippen LogP contribution is 2.24. The highest BCUT2D eigenvalue weighted by atomic mass is 35.5. The van der Waals surface area contributed by atoms with Crippen LogP contribution in [0.5, 0.6) is 0 Å². The molecule has 0 saturated carbocycles. The molecule has 0 aliphatic carbocycles. The molecule has 5 rings (SSSR count). The Kier molecular flexibility index (Phi) is 6.61. The van der Waals surface area contributed by atoms with E-state index in [4.69, 9.17) is 16.6 Å². The molecule has 1 aromatic heterocycles. The topological polar surface area (TPSA) is 50.2 Å². The Bertz CT molecular complexity index is 1300. The lowest BCUT2D eigenvalue weighted by Gasteiger charge is -2.31. The minimum Gasteiger partial charge on any atom is -0.323 e. The van der Waals surface area contributed by atoms with Gasteiger partial charge in [0, 0.05) is 18.1 Å². The molecule has 5 nitrogen and oxygen atoms in total. The van der Waals surface area contributed by atoms with Gasteiger partial charge in [-0.05, 0) is 61.3 Å². The van der Waals surface area contributed by atoms with Gasteiger partial charge < -0.3 is 9.88 Å². The molecule has 0 bridgehead atoms. The number of benzene rings is 3. The van der Waals surface area contributed by atoms with Crippen LogP contribution in [-0.4, -0.2) is 33.4 Å².